The first-order chi connectivity index (χ1) is 15.1. The van der Waals surface area contributed by atoms with Crippen LogP contribution in [0.25, 0.3) is 0 Å². The number of anilines is 1. The molecular weight excluding hydrogens is 460 g/mol. The molecule has 12 heteroatoms. The Balaban J connectivity index is 1.82. The Morgan fingerprint density at radius 3 is 2.53 bits per heavy atom. The first-order valence-corrected chi connectivity index (χ1v) is 11.1. The van der Waals surface area contributed by atoms with Crippen LogP contribution < -0.4 is 10.1 Å². The summed E-state index contributed by atoms with van der Waals surface area (Å²) in [5.41, 5.74) is 0.0441. The lowest BCUT2D eigenvalue weighted by atomic mass is 10.1. The minimum Gasteiger partial charge on any atom is -0.497 e. The van der Waals surface area contributed by atoms with Gasteiger partial charge in [0.05, 0.1) is 34.3 Å². The average molecular weight is 479 g/mol. The van der Waals surface area contributed by atoms with E-state index in [1.165, 1.54) is 60.5 Å². The van der Waals surface area contributed by atoms with E-state index in [9.17, 15) is 23.3 Å². The van der Waals surface area contributed by atoms with Gasteiger partial charge < -0.3 is 10.1 Å². The fourth-order valence-electron chi connectivity index (χ4n) is 2.84. The van der Waals surface area contributed by atoms with Gasteiger partial charge in [-0.05, 0) is 36.4 Å². The molecule has 0 aliphatic heterocycles. The number of sulfone groups is 1. The van der Waals surface area contributed by atoms with Gasteiger partial charge in [-0.15, -0.1) is 0 Å². The van der Waals surface area contributed by atoms with Crippen LogP contribution in [0.4, 0.5) is 11.4 Å². The van der Waals surface area contributed by atoms with Crippen molar-refractivity contribution in [3.8, 4) is 5.75 Å². The fourth-order valence-corrected chi connectivity index (χ4v) is 4.29. The topological polar surface area (TPSA) is 133 Å². The van der Waals surface area contributed by atoms with E-state index < -0.39 is 26.6 Å². The highest BCUT2D eigenvalue weighted by Crippen LogP contribution is 2.29. The zero-order valence-electron chi connectivity index (χ0n) is 17.1. The van der Waals surface area contributed by atoms with Gasteiger partial charge in [-0.3, -0.25) is 19.6 Å². The molecule has 3 rings (SSSR count). The molecule has 1 amide bonds. The second-order valence-corrected chi connectivity index (χ2v) is 9.31. The summed E-state index contributed by atoms with van der Waals surface area (Å²) in [6, 6.07) is 9.89. The second-order valence-electron chi connectivity index (χ2n) is 6.92. The SMILES string of the molecule is COc1cc(NC(=O)C(C)Cn2cc([N+](=O)[O-])cn2)cc(S(=O)(=O)c2ccc(Cl)cc2)c1. The van der Waals surface area contributed by atoms with Crippen molar-refractivity contribution in [1.82, 2.24) is 9.78 Å². The molecule has 0 spiro atoms. The Bertz CT molecular complexity index is 1260. The highest BCUT2D eigenvalue weighted by Gasteiger charge is 2.21. The molecule has 168 valence electrons. The second kappa shape index (κ2) is 9.37. The molecule has 1 heterocycles. The molecule has 1 aromatic heterocycles. The van der Waals surface area contributed by atoms with Crippen LogP contribution >= 0.6 is 11.6 Å². The lowest BCUT2D eigenvalue weighted by molar-refractivity contribution is -0.385. The molecule has 1 atom stereocenters. The predicted octanol–water partition coefficient (Wildman–Crippen LogP) is 3.56. The van der Waals surface area contributed by atoms with Crippen molar-refractivity contribution in [3.05, 3.63) is 70.0 Å². The summed E-state index contributed by atoms with van der Waals surface area (Å²) in [6.45, 7) is 1.72. The standard InChI is InChI=1S/C20H19ClN4O6S/c1-13(11-24-12-16(10-22-24)25(27)28)20(26)23-15-7-17(31-2)9-19(8-15)32(29,30)18-5-3-14(21)4-6-18/h3-10,12-13H,11H2,1-2H3,(H,23,26). The first-order valence-electron chi connectivity index (χ1n) is 9.27. The number of benzene rings is 2. The third-order valence-corrected chi connectivity index (χ3v) is 6.56. The molecule has 0 aliphatic rings. The number of hydrogen-bond acceptors (Lipinski definition) is 7. The quantitative estimate of drug-likeness (QED) is 0.386. The van der Waals surface area contributed by atoms with Crippen LogP contribution in [0, 0.1) is 16.0 Å². The monoisotopic (exact) mass is 478 g/mol. The Kier molecular flexibility index (Phi) is 6.80. The summed E-state index contributed by atoms with van der Waals surface area (Å²) < 4.78 is 32.5. The van der Waals surface area contributed by atoms with Gasteiger partial charge in [0.25, 0.3) is 0 Å². The highest BCUT2D eigenvalue weighted by molar-refractivity contribution is 7.91. The van der Waals surface area contributed by atoms with Crippen molar-refractivity contribution < 1.29 is 22.9 Å². The zero-order valence-corrected chi connectivity index (χ0v) is 18.6. The summed E-state index contributed by atoms with van der Waals surface area (Å²) in [5.74, 6) is -0.797. The van der Waals surface area contributed by atoms with Gasteiger partial charge in [-0.1, -0.05) is 18.5 Å². The van der Waals surface area contributed by atoms with Gasteiger partial charge in [0, 0.05) is 16.8 Å². The van der Waals surface area contributed by atoms with Crippen molar-refractivity contribution in [2.45, 2.75) is 23.3 Å². The van der Waals surface area contributed by atoms with E-state index in [0.29, 0.717) is 5.02 Å². The lowest BCUT2D eigenvalue weighted by Gasteiger charge is -2.14. The lowest BCUT2D eigenvalue weighted by Crippen LogP contribution is -2.24. The number of halogens is 1. The number of methoxy groups -OCH3 is 1. The van der Waals surface area contributed by atoms with Gasteiger partial charge in [0.15, 0.2) is 0 Å². The van der Waals surface area contributed by atoms with E-state index in [2.05, 4.69) is 10.4 Å². The Hall–Kier alpha value is -3.44. The van der Waals surface area contributed by atoms with Crippen LogP contribution in [0.5, 0.6) is 5.75 Å². The largest absolute Gasteiger partial charge is 0.497 e. The predicted molar refractivity (Wildman–Crippen MR) is 117 cm³/mol. The molecule has 32 heavy (non-hydrogen) atoms. The van der Waals surface area contributed by atoms with Gasteiger partial charge in [0.1, 0.15) is 18.1 Å². The van der Waals surface area contributed by atoms with E-state index in [1.807, 2.05) is 0 Å². The molecule has 0 saturated carbocycles. The molecule has 0 fully saturated rings. The van der Waals surface area contributed by atoms with Crippen LogP contribution in [-0.2, 0) is 21.2 Å². The van der Waals surface area contributed by atoms with Crippen molar-refractivity contribution in [2.24, 2.45) is 5.92 Å². The Morgan fingerprint density at radius 2 is 1.94 bits per heavy atom. The Morgan fingerprint density at radius 1 is 1.25 bits per heavy atom. The van der Waals surface area contributed by atoms with E-state index in [4.69, 9.17) is 16.3 Å². The summed E-state index contributed by atoms with van der Waals surface area (Å²) in [5, 5.41) is 17.7. The number of rotatable bonds is 8. The van der Waals surface area contributed by atoms with Crippen LogP contribution in [0.3, 0.4) is 0 Å². The smallest absolute Gasteiger partial charge is 0.306 e. The molecule has 1 unspecified atom stereocenters. The summed E-state index contributed by atoms with van der Waals surface area (Å²) in [6.07, 6.45) is 2.33. The molecule has 0 bridgehead atoms. The van der Waals surface area contributed by atoms with Crippen molar-refractivity contribution in [3.63, 3.8) is 0 Å². The maximum absolute atomic E-state index is 13.0. The summed E-state index contributed by atoms with van der Waals surface area (Å²) in [7, 11) is -2.51. The normalized spacial score (nSPS) is 12.2. The first kappa shape index (κ1) is 23.2. The molecule has 1 N–H and O–H groups in total. The third-order valence-electron chi connectivity index (χ3n) is 4.56. The van der Waals surface area contributed by atoms with Crippen LogP contribution in [-0.4, -0.2) is 36.1 Å². The van der Waals surface area contributed by atoms with Crippen molar-refractivity contribution in [1.29, 1.82) is 0 Å². The number of amides is 1. The number of carbonyl (C=O) groups excluding carboxylic acids is 1. The maximum atomic E-state index is 13.0. The van der Waals surface area contributed by atoms with Gasteiger partial charge in [-0.25, -0.2) is 8.42 Å². The fraction of sp³-hybridized carbons (Fsp3) is 0.200. The molecule has 0 aliphatic carbocycles. The van der Waals surface area contributed by atoms with Gasteiger partial charge in [0.2, 0.25) is 15.7 Å². The molecule has 0 saturated heterocycles. The average Bonchev–Trinajstić information content (AvgIpc) is 3.22. The molecule has 0 radical (unpaired) electrons. The Labute approximate surface area is 188 Å². The van der Waals surface area contributed by atoms with Crippen LogP contribution in [0.2, 0.25) is 5.02 Å². The minimum absolute atomic E-state index is 0.0427. The number of hydrogen-bond donors (Lipinski definition) is 1. The maximum Gasteiger partial charge on any atom is 0.306 e. The number of ether oxygens (including phenoxy) is 1. The van der Waals surface area contributed by atoms with Crippen LogP contribution in [0.1, 0.15) is 6.92 Å². The van der Waals surface area contributed by atoms with Gasteiger partial charge in [-0.2, -0.15) is 5.10 Å². The summed E-state index contributed by atoms with van der Waals surface area (Å²) >= 11 is 5.84. The number of nitro groups is 1. The highest BCUT2D eigenvalue weighted by atomic mass is 35.5. The van der Waals surface area contributed by atoms with E-state index in [1.54, 1.807) is 6.92 Å². The number of aromatic nitrogens is 2. The van der Waals surface area contributed by atoms with Crippen LogP contribution in [0.15, 0.2) is 64.6 Å². The number of carbonyl (C=O) groups is 1. The molecular formula is C20H19ClN4O6S. The zero-order chi connectivity index (χ0) is 23.5. The third kappa shape index (κ3) is 5.24. The van der Waals surface area contributed by atoms with Crippen molar-refractivity contribution in [2.75, 3.05) is 12.4 Å². The van der Waals surface area contributed by atoms with E-state index in [-0.39, 0.29) is 33.5 Å². The van der Waals surface area contributed by atoms with Crippen molar-refractivity contribution >= 4 is 38.7 Å². The number of nitrogens with zero attached hydrogens (tertiary/aromatic N) is 3. The molecule has 3 aromatic rings. The van der Waals surface area contributed by atoms with Gasteiger partial charge >= 0.3 is 5.69 Å². The molecule has 2 aromatic carbocycles. The molecule has 10 nitrogen and oxygen atoms in total. The summed E-state index contributed by atoms with van der Waals surface area (Å²) in [4.78, 5) is 22.8. The van der Waals surface area contributed by atoms with E-state index >= 15 is 0 Å². The van der Waals surface area contributed by atoms with E-state index in [0.717, 1.165) is 6.20 Å². The number of nitrogens with one attached hydrogen (secondary N) is 1. The minimum atomic E-state index is -3.89.